The number of hydrogen-bond donors (Lipinski definition) is 1. The molecule has 34 heavy (non-hydrogen) atoms. The van der Waals surface area contributed by atoms with Gasteiger partial charge in [-0.15, -0.1) is 0 Å². The Morgan fingerprint density at radius 3 is 1.44 bits per heavy atom. The van der Waals surface area contributed by atoms with E-state index in [9.17, 15) is 13.0 Å². The Bertz CT molecular complexity index is 1370. The normalized spacial score (nSPS) is 11.2. The maximum absolute atomic E-state index is 12.2. The standard InChI is InChI=1S/C28H22O3S.2Na.2H/c29-32(30,31)28-21-20-25(24-14-8-3-9-15-24)26(18-16-22-10-4-1-5-11-22)27(28)19-17-23-12-6-2-7-13-23;;;;/h1-21H,(H,29,30,31);;;;. The molecule has 3 nitrogen and oxygen atoms in total. The molecule has 6 heteroatoms. The van der Waals surface area contributed by atoms with Gasteiger partial charge in [-0.1, -0.05) is 121 Å². The molecular formula is C28H24Na2O3S. The summed E-state index contributed by atoms with van der Waals surface area (Å²) in [5.41, 5.74) is 4.89. The molecule has 4 rings (SSSR count). The Hall–Kier alpha value is -1.73. The molecule has 0 aliphatic rings. The van der Waals surface area contributed by atoms with Crippen molar-refractivity contribution >= 4 is 93.5 Å². The van der Waals surface area contributed by atoms with Gasteiger partial charge in [0.1, 0.15) is 4.90 Å². The quantitative estimate of drug-likeness (QED) is 0.218. The van der Waals surface area contributed by atoms with Crippen molar-refractivity contribution < 1.29 is 13.0 Å². The fourth-order valence-electron chi connectivity index (χ4n) is 3.55. The Morgan fingerprint density at radius 1 is 0.529 bits per heavy atom. The molecule has 0 fully saturated rings. The van der Waals surface area contributed by atoms with Gasteiger partial charge in [-0.2, -0.15) is 8.42 Å². The second kappa shape index (κ2) is 13.4. The van der Waals surface area contributed by atoms with E-state index < -0.39 is 10.1 Å². The van der Waals surface area contributed by atoms with E-state index in [1.54, 1.807) is 12.1 Å². The van der Waals surface area contributed by atoms with Crippen molar-refractivity contribution in [1.82, 2.24) is 0 Å². The van der Waals surface area contributed by atoms with E-state index in [4.69, 9.17) is 0 Å². The van der Waals surface area contributed by atoms with Crippen molar-refractivity contribution in [2.75, 3.05) is 0 Å². The molecule has 0 atom stereocenters. The first kappa shape index (κ1) is 28.5. The van der Waals surface area contributed by atoms with Crippen LogP contribution in [0.2, 0.25) is 0 Å². The summed E-state index contributed by atoms with van der Waals surface area (Å²) in [5.74, 6) is 0. The molecule has 4 aromatic rings. The van der Waals surface area contributed by atoms with E-state index >= 15 is 0 Å². The molecule has 0 unspecified atom stereocenters. The molecule has 0 saturated heterocycles. The van der Waals surface area contributed by atoms with Gasteiger partial charge in [-0.25, -0.2) is 0 Å². The second-order valence-corrected chi connectivity index (χ2v) is 8.66. The van der Waals surface area contributed by atoms with E-state index in [1.165, 1.54) is 6.07 Å². The minimum atomic E-state index is -4.43. The van der Waals surface area contributed by atoms with Gasteiger partial charge in [0.2, 0.25) is 0 Å². The van der Waals surface area contributed by atoms with E-state index in [0.29, 0.717) is 11.1 Å². The zero-order valence-corrected chi connectivity index (χ0v) is 18.1. The molecule has 1 N–H and O–H groups in total. The van der Waals surface area contributed by atoms with Crippen molar-refractivity contribution in [3.05, 3.63) is 125 Å². The molecular weight excluding hydrogens is 462 g/mol. The second-order valence-electron chi connectivity index (χ2n) is 7.27. The van der Waals surface area contributed by atoms with E-state index in [2.05, 4.69) is 0 Å². The van der Waals surface area contributed by atoms with Gasteiger partial charge in [0.05, 0.1) is 0 Å². The summed E-state index contributed by atoms with van der Waals surface area (Å²) in [4.78, 5) is -0.128. The van der Waals surface area contributed by atoms with Crippen LogP contribution in [-0.4, -0.2) is 72.1 Å². The average Bonchev–Trinajstić information content (AvgIpc) is 2.82. The number of benzene rings is 4. The molecule has 0 aromatic heterocycles. The van der Waals surface area contributed by atoms with Gasteiger partial charge in [0.15, 0.2) is 0 Å². The zero-order valence-electron chi connectivity index (χ0n) is 17.3. The van der Waals surface area contributed by atoms with Crippen molar-refractivity contribution in [1.29, 1.82) is 0 Å². The third-order valence-electron chi connectivity index (χ3n) is 5.09. The van der Waals surface area contributed by atoms with Crippen molar-refractivity contribution in [2.45, 2.75) is 4.90 Å². The first-order valence-electron chi connectivity index (χ1n) is 10.2. The molecule has 0 aliphatic heterocycles. The van der Waals surface area contributed by atoms with Crippen LogP contribution in [0.3, 0.4) is 0 Å². The predicted molar refractivity (Wildman–Crippen MR) is 147 cm³/mol. The summed E-state index contributed by atoms with van der Waals surface area (Å²) in [7, 11) is -4.43. The van der Waals surface area contributed by atoms with Crippen molar-refractivity contribution in [3.63, 3.8) is 0 Å². The van der Waals surface area contributed by atoms with Crippen molar-refractivity contribution in [2.24, 2.45) is 0 Å². The number of hydrogen-bond acceptors (Lipinski definition) is 2. The zero-order chi connectivity index (χ0) is 22.4. The molecule has 0 aliphatic carbocycles. The van der Waals surface area contributed by atoms with Crippen LogP contribution in [0, 0.1) is 0 Å². The van der Waals surface area contributed by atoms with Crippen LogP contribution >= 0.6 is 0 Å². The van der Waals surface area contributed by atoms with Gasteiger partial charge < -0.3 is 0 Å². The average molecular weight is 487 g/mol. The molecule has 0 spiro atoms. The maximum atomic E-state index is 12.2. The summed E-state index contributed by atoms with van der Waals surface area (Å²) in [5, 5.41) is 0. The van der Waals surface area contributed by atoms with Crippen LogP contribution < -0.4 is 0 Å². The molecule has 4 aromatic carbocycles. The SMILES string of the molecule is O=S(=O)(O)c1ccc(-c2ccccc2)c(C=Cc2ccccc2)c1C=Cc1ccccc1.[NaH].[NaH]. The monoisotopic (exact) mass is 486 g/mol. The topological polar surface area (TPSA) is 54.4 Å². The Balaban J connectivity index is 0.00000204. The summed E-state index contributed by atoms with van der Waals surface area (Å²) in [6.45, 7) is 0. The first-order valence-corrected chi connectivity index (χ1v) is 11.6. The summed E-state index contributed by atoms with van der Waals surface area (Å²) in [6.07, 6.45) is 7.43. The van der Waals surface area contributed by atoms with Crippen LogP contribution in [0.4, 0.5) is 0 Å². The van der Waals surface area contributed by atoms with Gasteiger partial charge in [-0.05, 0) is 33.9 Å². The van der Waals surface area contributed by atoms with E-state index in [0.717, 1.165) is 22.3 Å². The predicted octanol–water partition coefficient (Wildman–Crippen LogP) is 5.64. The van der Waals surface area contributed by atoms with Gasteiger partial charge in [0.25, 0.3) is 10.1 Å². The Kier molecular flexibility index (Phi) is 11.2. The van der Waals surface area contributed by atoms with E-state index in [1.807, 2.05) is 109 Å². The summed E-state index contributed by atoms with van der Waals surface area (Å²) in [6, 6.07) is 32.4. The van der Waals surface area contributed by atoms with Gasteiger partial charge in [0, 0.05) is 5.56 Å². The Morgan fingerprint density at radius 2 is 0.971 bits per heavy atom. The summed E-state index contributed by atoms with van der Waals surface area (Å²) < 4.78 is 34.4. The molecule has 0 amide bonds. The molecule has 162 valence electrons. The fraction of sp³-hybridized carbons (Fsp3) is 0. The molecule has 0 heterocycles. The third kappa shape index (κ3) is 7.38. The molecule has 0 radical (unpaired) electrons. The van der Waals surface area contributed by atoms with Gasteiger partial charge in [-0.3, -0.25) is 4.55 Å². The summed E-state index contributed by atoms with van der Waals surface area (Å²) >= 11 is 0. The first-order chi connectivity index (χ1) is 15.5. The van der Waals surface area contributed by atoms with Crippen molar-refractivity contribution in [3.8, 4) is 11.1 Å². The van der Waals surface area contributed by atoms with Crippen LogP contribution in [0.15, 0.2) is 108 Å². The Labute approximate surface area is 245 Å². The minimum absolute atomic E-state index is 0. The van der Waals surface area contributed by atoms with Crippen LogP contribution in [0.5, 0.6) is 0 Å². The fourth-order valence-corrected chi connectivity index (χ4v) is 4.25. The number of rotatable bonds is 6. The third-order valence-corrected chi connectivity index (χ3v) is 6.01. The van der Waals surface area contributed by atoms with Crippen LogP contribution in [-0.2, 0) is 10.1 Å². The van der Waals surface area contributed by atoms with Crippen LogP contribution in [0.25, 0.3) is 35.4 Å². The van der Waals surface area contributed by atoms with E-state index in [-0.39, 0.29) is 64.0 Å². The van der Waals surface area contributed by atoms with Crippen LogP contribution in [0.1, 0.15) is 22.3 Å². The molecule has 0 saturated carbocycles. The molecule has 0 bridgehead atoms. The van der Waals surface area contributed by atoms with Gasteiger partial charge >= 0.3 is 59.1 Å².